The minimum Gasteiger partial charge on any atom is -0.278 e. The molecule has 84 valence electrons. The van der Waals surface area contributed by atoms with Crippen LogP contribution in [0.25, 0.3) is 0 Å². The molecule has 0 spiro atoms. The van der Waals surface area contributed by atoms with Gasteiger partial charge in [0, 0.05) is 0 Å². The normalized spacial score (nSPS) is 11.3. The molecule has 0 aliphatic carbocycles. The van der Waals surface area contributed by atoms with Crippen LogP contribution in [0.5, 0.6) is 0 Å². The number of hydrogen-bond donors (Lipinski definition) is 2. The molecule has 0 fully saturated rings. The number of anilines is 1. The van der Waals surface area contributed by atoms with Crippen molar-refractivity contribution in [2.75, 3.05) is 4.72 Å². The maximum Gasteiger partial charge on any atom is 0.278 e. The van der Waals surface area contributed by atoms with Gasteiger partial charge in [0.05, 0.1) is 11.9 Å². The van der Waals surface area contributed by atoms with Gasteiger partial charge in [-0.05, 0) is 24.6 Å². The maximum atomic E-state index is 11.8. The summed E-state index contributed by atoms with van der Waals surface area (Å²) in [7, 11) is -3.56. The topological polar surface area (TPSA) is 74.8 Å². The van der Waals surface area contributed by atoms with Crippen molar-refractivity contribution in [1.29, 1.82) is 0 Å². The van der Waals surface area contributed by atoms with Crippen molar-refractivity contribution in [3.8, 4) is 0 Å². The van der Waals surface area contributed by atoms with Crippen LogP contribution in [0.15, 0.2) is 41.6 Å². The molecular weight excluding hydrogens is 226 g/mol. The zero-order chi connectivity index (χ0) is 11.6. The Labute approximate surface area is 93.6 Å². The van der Waals surface area contributed by atoms with Crippen LogP contribution in [0.4, 0.5) is 5.69 Å². The first-order valence-electron chi connectivity index (χ1n) is 4.67. The van der Waals surface area contributed by atoms with Crippen LogP contribution in [0.3, 0.4) is 0 Å². The van der Waals surface area contributed by atoms with Gasteiger partial charge < -0.3 is 0 Å². The average Bonchev–Trinajstić information content (AvgIpc) is 2.75. The van der Waals surface area contributed by atoms with Crippen molar-refractivity contribution < 1.29 is 8.42 Å². The molecule has 0 bridgehead atoms. The van der Waals surface area contributed by atoms with E-state index in [4.69, 9.17) is 0 Å². The van der Waals surface area contributed by atoms with Crippen LogP contribution in [0.1, 0.15) is 5.56 Å². The summed E-state index contributed by atoms with van der Waals surface area (Å²) in [5.41, 5.74) is 1.43. The third-order valence-electron chi connectivity index (χ3n) is 2.15. The van der Waals surface area contributed by atoms with Crippen molar-refractivity contribution in [1.82, 2.24) is 10.2 Å². The average molecular weight is 237 g/mol. The van der Waals surface area contributed by atoms with Gasteiger partial charge in [-0.3, -0.25) is 9.82 Å². The molecule has 2 rings (SSSR count). The zero-order valence-corrected chi connectivity index (χ0v) is 9.45. The molecule has 2 aromatic rings. The monoisotopic (exact) mass is 237 g/mol. The number of aromatic nitrogens is 2. The quantitative estimate of drug-likeness (QED) is 0.849. The van der Waals surface area contributed by atoms with Crippen LogP contribution < -0.4 is 4.72 Å². The Balaban J connectivity index is 2.33. The van der Waals surface area contributed by atoms with E-state index in [1.165, 1.54) is 12.3 Å². The highest BCUT2D eigenvalue weighted by Gasteiger charge is 2.15. The molecule has 0 aliphatic heterocycles. The standard InChI is InChI=1S/C10H11N3O2S/c1-8-4-2-3-5-9(8)13-16(14,15)10-6-7-11-12-10/h2-7,13H,1H3,(H,11,12). The van der Waals surface area contributed by atoms with Crippen molar-refractivity contribution in [2.24, 2.45) is 0 Å². The Morgan fingerprint density at radius 1 is 1.25 bits per heavy atom. The molecule has 0 unspecified atom stereocenters. The minimum atomic E-state index is -3.56. The third kappa shape index (κ3) is 2.06. The Bertz CT molecular complexity index is 576. The van der Waals surface area contributed by atoms with Gasteiger partial charge >= 0.3 is 0 Å². The lowest BCUT2D eigenvalue weighted by Crippen LogP contribution is -2.14. The Kier molecular flexibility index (Phi) is 2.66. The van der Waals surface area contributed by atoms with Gasteiger partial charge in [0.1, 0.15) is 0 Å². The number of hydrogen-bond acceptors (Lipinski definition) is 3. The number of nitrogens with one attached hydrogen (secondary N) is 2. The molecule has 0 aliphatic rings. The van der Waals surface area contributed by atoms with Crippen LogP contribution in [-0.4, -0.2) is 18.6 Å². The summed E-state index contributed by atoms with van der Waals surface area (Å²) >= 11 is 0. The second-order valence-corrected chi connectivity index (χ2v) is 4.99. The lowest BCUT2D eigenvalue weighted by atomic mass is 10.2. The first-order valence-corrected chi connectivity index (χ1v) is 6.16. The number of para-hydroxylation sites is 1. The first-order chi connectivity index (χ1) is 7.59. The number of rotatable bonds is 3. The van der Waals surface area contributed by atoms with Gasteiger partial charge in [0.25, 0.3) is 10.0 Å². The van der Waals surface area contributed by atoms with E-state index in [0.29, 0.717) is 5.69 Å². The summed E-state index contributed by atoms with van der Waals surface area (Å²) in [4.78, 5) is 0. The van der Waals surface area contributed by atoms with E-state index in [-0.39, 0.29) is 5.03 Å². The van der Waals surface area contributed by atoms with E-state index in [1.54, 1.807) is 12.1 Å². The highest BCUT2D eigenvalue weighted by molar-refractivity contribution is 7.92. The molecule has 0 atom stereocenters. The van der Waals surface area contributed by atoms with Gasteiger partial charge in [-0.25, -0.2) is 0 Å². The van der Waals surface area contributed by atoms with Crippen molar-refractivity contribution >= 4 is 15.7 Å². The van der Waals surface area contributed by atoms with E-state index >= 15 is 0 Å². The van der Waals surface area contributed by atoms with E-state index in [0.717, 1.165) is 5.56 Å². The minimum absolute atomic E-state index is 0.0516. The number of H-pyrrole nitrogens is 1. The molecule has 0 saturated carbocycles. The molecule has 6 heteroatoms. The third-order valence-corrected chi connectivity index (χ3v) is 3.45. The second kappa shape index (κ2) is 3.97. The van der Waals surface area contributed by atoms with Crippen LogP contribution in [-0.2, 0) is 10.0 Å². The fourth-order valence-electron chi connectivity index (χ4n) is 1.28. The number of aromatic amines is 1. The first kappa shape index (κ1) is 10.7. The molecule has 1 heterocycles. The summed E-state index contributed by atoms with van der Waals surface area (Å²) in [6.45, 7) is 1.84. The van der Waals surface area contributed by atoms with Crippen LogP contribution in [0.2, 0.25) is 0 Å². The Hall–Kier alpha value is -1.82. The maximum absolute atomic E-state index is 11.8. The predicted octanol–water partition coefficient (Wildman–Crippen LogP) is 1.52. The van der Waals surface area contributed by atoms with Crippen LogP contribution >= 0.6 is 0 Å². The van der Waals surface area contributed by atoms with E-state index in [9.17, 15) is 8.42 Å². The summed E-state index contributed by atoms with van der Waals surface area (Å²) in [5, 5.41) is 6.08. The summed E-state index contributed by atoms with van der Waals surface area (Å²) < 4.78 is 26.2. The SMILES string of the molecule is Cc1ccccc1NS(=O)(=O)c1ccn[nH]1. The number of sulfonamides is 1. The molecule has 5 nitrogen and oxygen atoms in total. The molecule has 1 aromatic carbocycles. The predicted molar refractivity (Wildman–Crippen MR) is 60.6 cm³/mol. The van der Waals surface area contributed by atoms with Crippen molar-refractivity contribution in [3.63, 3.8) is 0 Å². The summed E-state index contributed by atoms with van der Waals surface area (Å²) in [5.74, 6) is 0. The molecule has 0 radical (unpaired) electrons. The molecule has 16 heavy (non-hydrogen) atoms. The van der Waals surface area contributed by atoms with E-state index in [1.807, 2.05) is 19.1 Å². The van der Waals surface area contributed by atoms with Gasteiger partial charge in [-0.1, -0.05) is 18.2 Å². The largest absolute Gasteiger partial charge is 0.278 e. The van der Waals surface area contributed by atoms with E-state index < -0.39 is 10.0 Å². The van der Waals surface area contributed by atoms with Gasteiger partial charge in [-0.15, -0.1) is 0 Å². The number of benzene rings is 1. The number of aryl methyl sites for hydroxylation is 1. The smallest absolute Gasteiger partial charge is 0.278 e. The molecule has 2 N–H and O–H groups in total. The summed E-state index contributed by atoms with van der Waals surface area (Å²) in [6, 6.07) is 8.58. The Morgan fingerprint density at radius 2 is 2.00 bits per heavy atom. The molecular formula is C10H11N3O2S. The Morgan fingerprint density at radius 3 is 2.62 bits per heavy atom. The zero-order valence-electron chi connectivity index (χ0n) is 8.64. The van der Waals surface area contributed by atoms with Crippen LogP contribution in [0, 0.1) is 6.92 Å². The number of nitrogens with zero attached hydrogens (tertiary/aromatic N) is 1. The summed E-state index contributed by atoms with van der Waals surface area (Å²) in [6.07, 6.45) is 1.40. The fraction of sp³-hybridized carbons (Fsp3) is 0.100. The van der Waals surface area contributed by atoms with Gasteiger partial charge in [-0.2, -0.15) is 13.5 Å². The lowest BCUT2D eigenvalue weighted by molar-refractivity contribution is 0.597. The van der Waals surface area contributed by atoms with Crippen molar-refractivity contribution in [3.05, 3.63) is 42.1 Å². The molecule has 0 amide bonds. The van der Waals surface area contributed by atoms with Gasteiger partial charge in [0.2, 0.25) is 0 Å². The molecule has 1 aromatic heterocycles. The second-order valence-electron chi connectivity index (χ2n) is 3.34. The van der Waals surface area contributed by atoms with Gasteiger partial charge in [0.15, 0.2) is 5.03 Å². The highest BCUT2D eigenvalue weighted by atomic mass is 32.2. The van der Waals surface area contributed by atoms with Crippen molar-refractivity contribution in [2.45, 2.75) is 11.9 Å². The highest BCUT2D eigenvalue weighted by Crippen LogP contribution is 2.17. The van der Waals surface area contributed by atoms with E-state index in [2.05, 4.69) is 14.9 Å². The molecule has 0 saturated heterocycles. The lowest BCUT2D eigenvalue weighted by Gasteiger charge is -2.08. The fourth-order valence-corrected chi connectivity index (χ4v) is 2.32.